The smallest absolute Gasteiger partial charge is 0.366 e. The molecule has 4 aliphatic rings. The second-order valence-corrected chi connectivity index (χ2v) is 8.88. The largest absolute Gasteiger partial charge is 0.469 e. The standard InChI is InChI=1S/C19H29NO6S/c1-11(10-27)17(22)25-15(6-16(21)24-2)18(23)26-20-19-7-12-3-13(8-19)5-14(4-12)9-19/h11-15,20,27H,3-10H2,1-2H3/t11-,12?,13?,14?,15+,19?/m1/s1. The topological polar surface area (TPSA) is 90.9 Å². The van der Waals surface area contributed by atoms with E-state index in [2.05, 4.69) is 22.8 Å². The highest BCUT2D eigenvalue weighted by molar-refractivity contribution is 7.80. The maximum Gasteiger partial charge on any atom is 0.366 e. The van der Waals surface area contributed by atoms with Crippen molar-refractivity contribution in [2.75, 3.05) is 12.9 Å². The van der Waals surface area contributed by atoms with Gasteiger partial charge in [-0.3, -0.25) is 9.59 Å². The molecule has 0 heterocycles. The van der Waals surface area contributed by atoms with Crippen molar-refractivity contribution in [2.24, 2.45) is 23.7 Å². The minimum Gasteiger partial charge on any atom is -0.469 e. The Bertz CT molecular complexity index is 559. The van der Waals surface area contributed by atoms with Gasteiger partial charge in [-0.25, -0.2) is 4.79 Å². The molecule has 0 aromatic rings. The molecule has 7 nitrogen and oxygen atoms in total. The van der Waals surface area contributed by atoms with Gasteiger partial charge in [-0.15, -0.1) is 5.48 Å². The van der Waals surface area contributed by atoms with Gasteiger partial charge in [-0.05, 0) is 56.3 Å². The van der Waals surface area contributed by atoms with E-state index in [0.717, 1.165) is 19.3 Å². The number of carbonyl (C=O) groups excluding carboxylic acids is 3. The molecular weight excluding hydrogens is 370 g/mol. The number of hydrogen-bond acceptors (Lipinski definition) is 8. The lowest BCUT2D eigenvalue weighted by Gasteiger charge is -2.56. The van der Waals surface area contributed by atoms with Gasteiger partial charge in [0.2, 0.25) is 6.10 Å². The van der Waals surface area contributed by atoms with Crippen LogP contribution >= 0.6 is 12.6 Å². The summed E-state index contributed by atoms with van der Waals surface area (Å²) < 4.78 is 9.81. The van der Waals surface area contributed by atoms with Crippen LogP contribution in [-0.2, 0) is 28.7 Å². The molecule has 0 aliphatic heterocycles. The molecule has 152 valence electrons. The molecule has 0 saturated heterocycles. The number of methoxy groups -OCH3 is 1. The van der Waals surface area contributed by atoms with E-state index >= 15 is 0 Å². The lowest BCUT2D eigenvalue weighted by Crippen LogP contribution is -2.59. The molecular formula is C19H29NO6S. The maximum absolute atomic E-state index is 12.5. The molecule has 2 atom stereocenters. The van der Waals surface area contributed by atoms with Crippen molar-refractivity contribution < 1.29 is 28.7 Å². The van der Waals surface area contributed by atoms with E-state index in [1.54, 1.807) is 6.92 Å². The average Bonchev–Trinajstić information content (AvgIpc) is 2.63. The summed E-state index contributed by atoms with van der Waals surface area (Å²) in [5.74, 6) is -0.117. The minimum atomic E-state index is -1.33. The number of nitrogens with one attached hydrogen (secondary N) is 1. The van der Waals surface area contributed by atoms with E-state index in [0.29, 0.717) is 17.8 Å². The summed E-state index contributed by atoms with van der Waals surface area (Å²) in [7, 11) is 1.22. The Kier molecular flexibility index (Phi) is 6.35. The molecule has 0 unspecified atom stereocenters. The number of hydroxylamine groups is 1. The van der Waals surface area contributed by atoms with Crippen molar-refractivity contribution in [1.82, 2.24) is 5.48 Å². The van der Waals surface area contributed by atoms with Gasteiger partial charge in [0.05, 0.1) is 25.0 Å². The second kappa shape index (κ2) is 8.39. The van der Waals surface area contributed by atoms with Crippen LogP contribution in [0.15, 0.2) is 0 Å². The Balaban J connectivity index is 1.60. The predicted octanol–water partition coefficient (Wildman–Crippen LogP) is 2.04. The Morgan fingerprint density at radius 1 is 1.07 bits per heavy atom. The predicted molar refractivity (Wildman–Crippen MR) is 99.7 cm³/mol. The molecule has 4 rings (SSSR count). The molecule has 0 spiro atoms. The molecule has 0 radical (unpaired) electrons. The van der Waals surface area contributed by atoms with Crippen molar-refractivity contribution >= 4 is 30.5 Å². The zero-order valence-electron chi connectivity index (χ0n) is 15.9. The molecule has 0 aromatic carbocycles. The first kappa shape index (κ1) is 20.5. The fourth-order valence-electron chi connectivity index (χ4n) is 5.20. The molecule has 4 saturated carbocycles. The minimum absolute atomic E-state index is 0.178. The van der Waals surface area contributed by atoms with Gasteiger partial charge in [0.15, 0.2) is 0 Å². The molecule has 1 N–H and O–H groups in total. The van der Waals surface area contributed by atoms with Crippen LogP contribution < -0.4 is 5.48 Å². The summed E-state index contributed by atoms with van der Waals surface area (Å²) in [4.78, 5) is 41.6. The zero-order chi connectivity index (χ0) is 19.6. The van der Waals surface area contributed by atoms with Crippen molar-refractivity contribution in [2.45, 2.75) is 63.5 Å². The number of ether oxygens (including phenoxy) is 2. The number of thiol groups is 1. The molecule has 4 bridgehead atoms. The normalized spacial score (nSPS) is 33.2. The molecule has 0 amide bonds. The zero-order valence-corrected chi connectivity index (χ0v) is 16.8. The average molecular weight is 400 g/mol. The summed E-state index contributed by atoms with van der Waals surface area (Å²) in [6.45, 7) is 1.64. The van der Waals surface area contributed by atoms with Crippen LogP contribution in [0.1, 0.15) is 51.9 Å². The Hall–Kier alpha value is -1.28. The lowest BCUT2D eigenvalue weighted by atomic mass is 9.53. The highest BCUT2D eigenvalue weighted by Crippen LogP contribution is 2.55. The summed E-state index contributed by atoms with van der Waals surface area (Å²) >= 11 is 4.06. The van der Waals surface area contributed by atoms with Crippen molar-refractivity contribution in [3.05, 3.63) is 0 Å². The van der Waals surface area contributed by atoms with Gasteiger partial charge < -0.3 is 14.3 Å². The van der Waals surface area contributed by atoms with Crippen LogP contribution in [0.4, 0.5) is 0 Å². The first-order valence-electron chi connectivity index (χ1n) is 9.70. The fraction of sp³-hybridized carbons (Fsp3) is 0.842. The number of hydrogen-bond donors (Lipinski definition) is 2. The number of esters is 2. The summed E-state index contributed by atoms with van der Waals surface area (Å²) in [6, 6.07) is 0. The van der Waals surface area contributed by atoms with E-state index in [1.807, 2.05) is 0 Å². The molecule has 4 aliphatic carbocycles. The van der Waals surface area contributed by atoms with E-state index in [4.69, 9.17) is 9.57 Å². The first-order valence-corrected chi connectivity index (χ1v) is 10.3. The van der Waals surface area contributed by atoms with Gasteiger partial charge in [0.1, 0.15) is 0 Å². The van der Waals surface area contributed by atoms with E-state index in [9.17, 15) is 14.4 Å². The lowest BCUT2D eigenvalue weighted by molar-refractivity contribution is -0.185. The summed E-state index contributed by atoms with van der Waals surface area (Å²) in [6.07, 6.45) is 5.15. The highest BCUT2D eigenvalue weighted by atomic mass is 32.1. The fourth-order valence-corrected chi connectivity index (χ4v) is 5.35. The third kappa shape index (κ3) is 4.77. The Labute approximate surface area is 165 Å². The van der Waals surface area contributed by atoms with Crippen LogP contribution in [-0.4, -0.2) is 42.4 Å². The maximum atomic E-state index is 12.5. The first-order chi connectivity index (χ1) is 12.8. The van der Waals surface area contributed by atoms with Crippen LogP contribution in [0.25, 0.3) is 0 Å². The van der Waals surface area contributed by atoms with Gasteiger partial charge >= 0.3 is 17.9 Å². The Morgan fingerprint density at radius 3 is 2.11 bits per heavy atom. The molecule has 27 heavy (non-hydrogen) atoms. The summed E-state index contributed by atoms with van der Waals surface area (Å²) in [5, 5.41) is 0. The number of rotatable bonds is 8. The van der Waals surface area contributed by atoms with E-state index in [1.165, 1.54) is 26.4 Å². The van der Waals surface area contributed by atoms with E-state index < -0.39 is 29.9 Å². The van der Waals surface area contributed by atoms with Crippen LogP contribution in [0.2, 0.25) is 0 Å². The summed E-state index contributed by atoms with van der Waals surface area (Å²) in [5.41, 5.74) is 2.83. The van der Waals surface area contributed by atoms with Crippen molar-refractivity contribution in [1.29, 1.82) is 0 Å². The second-order valence-electron chi connectivity index (χ2n) is 8.51. The van der Waals surface area contributed by atoms with Gasteiger partial charge in [0, 0.05) is 5.75 Å². The van der Waals surface area contributed by atoms with Crippen LogP contribution in [0.3, 0.4) is 0 Å². The Morgan fingerprint density at radius 2 is 1.63 bits per heavy atom. The van der Waals surface area contributed by atoms with Gasteiger partial charge in [0.25, 0.3) is 0 Å². The third-order valence-electron chi connectivity index (χ3n) is 6.18. The number of carbonyl (C=O) groups is 3. The third-order valence-corrected chi connectivity index (χ3v) is 6.73. The van der Waals surface area contributed by atoms with Gasteiger partial charge in [-0.2, -0.15) is 12.6 Å². The quantitative estimate of drug-likeness (QED) is 0.279. The van der Waals surface area contributed by atoms with Crippen LogP contribution in [0, 0.1) is 23.7 Å². The van der Waals surface area contributed by atoms with Crippen molar-refractivity contribution in [3.8, 4) is 0 Å². The molecule has 0 aromatic heterocycles. The highest BCUT2D eigenvalue weighted by Gasteiger charge is 2.52. The van der Waals surface area contributed by atoms with Crippen LogP contribution in [0.5, 0.6) is 0 Å². The molecule has 8 heteroatoms. The van der Waals surface area contributed by atoms with Crippen molar-refractivity contribution in [3.63, 3.8) is 0 Å². The molecule has 4 fully saturated rings. The van der Waals surface area contributed by atoms with E-state index in [-0.39, 0.29) is 17.7 Å². The SMILES string of the molecule is COC(=O)C[C@H](OC(=O)[C@H](C)CS)C(=O)ONC12CC3CC(CC(C3)C1)C2. The monoisotopic (exact) mass is 399 g/mol. The van der Waals surface area contributed by atoms with Gasteiger partial charge in [-0.1, -0.05) is 6.92 Å².